The first-order chi connectivity index (χ1) is 9.28. The molecule has 3 nitrogen and oxygen atoms in total. The maximum absolute atomic E-state index is 6.03. The van der Waals surface area contributed by atoms with Gasteiger partial charge in [-0.3, -0.25) is 0 Å². The number of fused-ring (bicyclic) bond motifs is 1. The number of thioether (sulfide) groups is 1. The lowest BCUT2D eigenvalue weighted by atomic mass is 10.2. The Labute approximate surface area is 130 Å². The van der Waals surface area contributed by atoms with Crippen molar-refractivity contribution in [3.8, 4) is 0 Å². The molecule has 1 fully saturated rings. The number of imidazole rings is 1. The zero-order valence-corrected chi connectivity index (χ0v) is 13.6. The second-order valence-electron chi connectivity index (χ2n) is 4.76. The Bertz CT molecular complexity index is 581. The fourth-order valence-corrected chi connectivity index (χ4v) is 4.30. The van der Waals surface area contributed by atoms with E-state index < -0.39 is 0 Å². The van der Waals surface area contributed by atoms with Crippen molar-refractivity contribution in [3.05, 3.63) is 22.6 Å². The van der Waals surface area contributed by atoms with E-state index in [2.05, 4.69) is 42.2 Å². The number of alkyl halides is 1. The van der Waals surface area contributed by atoms with Gasteiger partial charge in [0.2, 0.25) is 0 Å². The van der Waals surface area contributed by atoms with Crippen molar-refractivity contribution in [1.29, 1.82) is 0 Å². The molecule has 3 rings (SSSR count). The SMILES string of the molecule is ClCc1nc2cc(Br)cnc2n1CC1CCCCS1. The lowest BCUT2D eigenvalue weighted by molar-refractivity contribution is 0.579. The normalized spacial score (nSPS) is 20.0. The molecule has 1 unspecified atom stereocenters. The molecule has 1 atom stereocenters. The number of hydrogen-bond acceptors (Lipinski definition) is 3. The minimum atomic E-state index is 0.436. The molecule has 1 aliphatic rings. The molecule has 0 N–H and O–H groups in total. The molecule has 1 aliphatic heterocycles. The number of nitrogens with zero attached hydrogens (tertiary/aromatic N) is 3. The molecule has 0 spiro atoms. The van der Waals surface area contributed by atoms with Crippen LogP contribution in [0.3, 0.4) is 0 Å². The van der Waals surface area contributed by atoms with Gasteiger partial charge in [0.1, 0.15) is 11.3 Å². The number of hydrogen-bond donors (Lipinski definition) is 0. The molecule has 0 aromatic carbocycles. The summed E-state index contributed by atoms with van der Waals surface area (Å²) in [5.74, 6) is 2.63. The zero-order chi connectivity index (χ0) is 13.2. The maximum atomic E-state index is 6.03. The van der Waals surface area contributed by atoms with E-state index in [1.165, 1.54) is 25.0 Å². The summed E-state index contributed by atoms with van der Waals surface area (Å²) in [6.45, 7) is 0.970. The maximum Gasteiger partial charge on any atom is 0.160 e. The van der Waals surface area contributed by atoms with Crippen LogP contribution >= 0.6 is 39.3 Å². The highest BCUT2D eigenvalue weighted by Crippen LogP contribution is 2.28. The Kier molecular flexibility index (Phi) is 4.34. The number of aromatic nitrogens is 3. The molecule has 1 saturated heterocycles. The van der Waals surface area contributed by atoms with Gasteiger partial charge in [0.05, 0.1) is 5.88 Å². The standard InChI is InChI=1S/C13H15BrClN3S/c14-9-5-11-13(16-7-9)18(12(6-15)17-11)8-10-3-1-2-4-19-10/h5,7,10H,1-4,6,8H2. The van der Waals surface area contributed by atoms with Crippen LogP contribution in [-0.4, -0.2) is 25.5 Å². The minimum Gasteiger partial charge on any atom is -0.311 e. The van der Waals surface area contributed by atoms with Crippen LogP contribution in [0.1, 0.15) is 25.1 Å². The van der Waals surface area contributed by atoms with Crippen molar-refractivity contribution in [2.24, 2.45) is 0 Å². The Morgan fingerprint density at radius 3 is 3.11 bits per heavy atom. The van der Waals surface area contributed by atoms with E-state index in [-0.39, 0.29) is 0 Å². The molecule has 0 bridgehead atoms. The molecule has 102 valence electrons. The Morgan fingerprint density at radius 1 is 1.47 bits per heavy atom. The molecule has 2 aromatic rings. The second-order valence-corrected chi connectivity index (χ2v) is 7.35. The van der Waals surface area contributed by atoms with Crippen LogP contribution in [0, 0.1) is 0 Å². The van der Waals surface area contributed by atoms with E-state index >= 15 is 0 Å². The van der Waals surface area contributed by atoms with Gasteiger partial charge in [-0.05, 0) is 40.6 Å². The lowest BCUT2D eigenvalue weighted by Gasteiger charge is -2.22. The van der Waals surface area contributed by atoms with Crippen LogP contribution < -0.4 is 0 Å². The van der Waals surface area contributed by atoms with Crippen LogP contribution in [0.2, 0.25) is 0 Å². The summed E-state index contributed by atoms with van der Waals surface area (Å²) in [5.41, 5.74) is 1.87. The average molecular weight is 361 g/mol. The van der Waals surface area contributed by atoms with E-state index in [1.807, 2.05) is 12.3 Å². The fourth-order valence-electron chi connectivity index (χ4n) is 2.48. The Hall–Kier alpha value is -0.260. The molecule has 19 heavy (non-hydrogen) atoms. The number of halogens is 2. The van der Waals surface area contributed by atoms with Gasteiger partial charge in [0.25, 0.3) is 0 Å². The monoisotopic (exact) mass is 359 g/mol. The predicted octanol–water partition coefficient (Wildman–Crippen LogP) is 4.22. The Morgan fingerprint density at radius 2 is 2.37 bits per heavy atom. The van der Waals surface area contributed by atoms with Crippen LogP contribution in [0.15, 0.2) is 16.7 Å². The summed E-state index contributed by atoms with van der Waals surface area (Å²) in [7, 11) is 0. The molecular weight excluding hydrogens is 346 g/mol. The van der Waals surface area contributed by atoms with Gasteiger partial charge in [-0.25, -0.2) is 9.97 Å². The third-order valence-corrected chi connectivity index (χ3v) is 5.46. The molecule has 0 amide bonds. The molecule has 0 aliphatic carbocycles. The highest BCUT2D eigenvalue weighted by molar-refractivity contribution is 9.10. The van der Waals surface area contributed by atoms with Crippen LogP contribution in [0.4, 0.5) is 0 Å². The molecular formula is C13H15BrClN3S. The van der Waals surface area contributed by atoms with Crippen LogP contribution in [0.25, 0.3) is 11.2 Å². The van der Waals surface area contributed by atoms with E-state index in [0.29, 0.717) is 11.1 Å². The van der Waals surface area contributed by atoms with Crippen LogP contribution in [0.5, 0.6) is 0 Å². The van der Waals surface area contributed by atoms with Gasteiger partial charge >= 0.3 is 0 Å². The van der Waals surface area contributed by atoms with Crippen LogP contribution in [-0.2, 0) is 12.4 Å². The number of pyridine rings is 1. The van der Waals surface area contributed by atoms with Crippen molar-refractivity contribution in [1.82, 2.24) is 14.5 Å². The van der Waals surface area contributed by atoms with Crippen molar-refractivity contribution >= 4 is 50.5 Å². The summed E-state index contributed by atoms with van der Waals surface area (Å²) >= 11 is 11.5. The van der Waals surface area contributed by atoms with E-state index in [1.54, 1.807) is 0 Å². The second kappa shape index (κ2) is 6.02. The number of rotatable bonds is 3. The summed E-state index contributed by atoms with van der Waals surface area (Å²) in [6.07, 6.45) is 5.79. The first kappa shape index (κ1) is 13.7. The summed E-state index contributed by atoms with van der Waals surface area (Å²) < 4.78 is 3.15. The topological polar surface area (TPSA) is 30.7 Å². The van der Waals surface area contributed by atoms with Crippen molar-refractivity contribution in [2.45, 2.75) is 36.9 Å². The molecule has 0 radical (unpaired) electrons. The van der Waals surface area contributed by atoms with E-state index in [9.17, 15) is 0 Å². The zero-order valence-electron chi connectivity index (χ0n) is 10.5. The van der Waals surface area contributed by atoms with Crippen molar-refractivity contribution in [2.75, 3.05) is 5.75 Å². The predicted molar refractivity (Wildman–Crippen MR) is 84.9 cm³/mol. The smallest absolute Gasteiger partial charge is 0.160 e. The third-order valence-electron chi connectivity index (χ3n) is 3.41. The van der Waals surface area contributed by atoms with E-state index in [4.69, 9.17) is 11.6 Å². The van der Waals surface area contributed by atoms with Crippen molar-refractivity contribution in [3.63, 3.8) is 0 Å². The van der Waals surface area contributed by atoms with Gasteiger partial charge < -0.3 is 4.57 Å². The summed E-state index contributed by atoms with van der Waals surface area (Å²) in [5, 5.41) is 0.665. The summed E-state index contributed by atoms with van der Waals surface area (Å²) in [6, 6.07) is 2.00. The quantitative estimate of drug-likeness (QED) is 0.768. The minimum absolute atomic E-state index is 0.436. The van der Waals surface area contributed by atoms with Gasteiger partial charge in [-0.15, -0.1) is 11.6 Å². The summed E-state index contributed by atoms with van der Waals surface area (Å²) in [4.78, 5) is 9.09. The molecule has 6 heteroatoms. The molecule has 2 aromatic heterocycles. The Balaban J connectivity index is 1.95. The van der Waals surface area contributed by atoms with Gasteiger partial charge in [0, 0.05) is 22.5 Å². The third kappa shape index (κ3) is 2.93. The van der Waals surface area contributed by atoms with Gasteiger partial charge in [-0.1, -0.05) is 6.42 Å². The molecule has 3 heterocycles. The highest BCUT2D eigenvalue weighted by atomic mass is 79.9. The van der Waals surface area contributed by atoms with Gasteiger partial charge in [-0.2, -0.15) is 11.8 Å². The fraction of sp³-hybridized carbons (Fsp3) is 0.538. The first-order valence-corrected chi connectivity index (χ1v) is 8.84. The highest BCUT2D eigenvalue weighted by Gasteiger charge is 2.18. The average Bonchev–Trinajstić information content (AvgIpc) is 2.77. The van der Waals surface area contributed by atoms with Crippen molar-refractivity contribution < 1.29 is 0 Å². The van der Waals surface area contributed by atoms with E-state index in [0.717, 1.165) is 28.0 Å². The molecule has 0 saturated carbocycles. The largest absolute Gasteiger partial charge is 0.311 e. The lowest BCUT2D eigenvalue weighted by Crippen LogP contribution is -2.18. The van der Waals surface area contributed by atoms with Gasteiger partial charge in [0.15, 0.2) is 5.65 Å². The first-order valence-electron chi connectivity index (χ1n) is 6.46.